The van der Waals surface area contributed by atoms with E-state index in [4.69, 9.17) is 0 Å². The lowest BCUT2D eigenvalue weighted by Crippen LogP contribution is -2.62. The van der Waals surface area contributed by atoms with Gasteiger partial charge in [0.05, 0.1) is 12.1 Å². The third kappa shape index (κ3) is 5.08. The second-order valence-electron chi connectivity index (χ2n) is 8.80. The molecule has 2 aromatic rings. The number of hydrogen-bond acceptors (Lipinski definition) is 4. The molecule has 2 fully saturated rings. The number of Topliss-reactive ketones (excluding diaryl/α,β-unsaturated/α-hetero) is 1. The van der Waals surface area contributed by atoms with Crippen molar-refractivity contribution in [3.63, 3.8) is 0 Å². The maximum absolute atomic E-state index is 13.3. The van der Waals surface area contributed by atoms with E-state index in [1.807, 2.05) is 0 Å². The molecule has 0 aromatic heterocycles. The number of ketones is 1. The highest BCUT2D eigenvalue weighted by Crippen LogP contribution is 2.33. The summed E-state index contributed by atoms with van der Waals surface area (Å²) in [6.07, 6.45) is -0.800. The summed E-state index contributed by atoms with van der Waals surface area (Å²) in [6.45, 7) is 1.24. The van der Waals surface area contributed by atoms with Gasteiger partial charge in [-0.05, 0) is 50.1 Å². The van der Waals surface area contributed by atoms with Crippen LogP contribution in [0.3, 0.4) is 0 Å². The molecule has 1 unspecified atom stereocenters. The van der Waals surface area contributed by atoms with E-state index in [0.29, 0.717) is 11.3 Å². The van der Waals surface area contributed by atoms with Crippen molar-refractivity contribution in [2.75, 3.05) is 22.9 Å². The third-order valence-corrected chi connectivity index (χ3v) is 6.37. The van der Waals surface area contributed by atoms with Crippen LogP contribution in [0.25, 0.3) is 0 Å². The summed E-state index contributed by atoms with van der Waals surface area (Å²) < 4.78 is 39.7. The topological polar surface area (TPSA) is 69.7 Å². The van der Waals surface area contributed by atoms with Crippen molar-refractivity contribution in [3.8, 4) is 0 Å². The molecule has 34 heavy (non-hydrogen) atoms. The van der Waals surface area contributed by atoms with Crippen molar-refractivity contribution in [1.82, 2.24) is 5.32 Å². The number of nitrogens with one attached hydrogen (secondary N) is 1. The van der Waals surface area contributed by atoms with Gasteiger partial charge in [0.15, 0.2) is 5.78 Å². The molecule has 2 amide bonds. The second kappa shape index (κ2) is 9.48. The molecule has 1 saturated carbocycles. The highest BCUT2D eigenvalue weighted by atomic mass is 19.4. The van der Waals surface area contributed by atoms with E-state index >= 15 is 0 Å². The number of anilines is 2. The lowest BCUT2D eigenvalue weighted by molar-refractivity contribution is -0.137. The quantitative estimate of drug-likeness (QED) is 0.662. The second-order valence-corrected chi connectivity index (χ2v) is 8.80. The van der Waals surface area contributed by atoms with Gasteiger partial charge >= 0.3 is 6.18 Å². The average molecular weight is 473 g/mol. The van der Waals surface area contributed by atoms with Gasteiger partial charge < -0.3 is 10.2 Å². The molecular weight excluding hydrogens is 447 g/mol. The van der Waals surface area contributed by atoms with Gasteiger partial charge in [-0.2, -0.15) is 13.2 Å². The minimum atomic E-state index is -4.52. The van der Waals surface area contributed by atoms with Gasteiger partial charge in [-0.1, -0.05) is 31.0 Å². The van der Waals surface area contributed by atoms with E-state index in [-0.39, 0.29) is 36.5 Å². The number of piperazine rings is 1. The van der Waals surface area contributed by atoms with Crippen LogP contribution in [0.2, 0.25) is 0 Å². The molecule has 1 N–H and O–H groups in total. The van der Waals surface area contributed by atoms with E-state index in [1.165, 1.54) is 28.9 Å². The van der Waals surface area contributed by atoms with E-state index in [0.717, 1.165) is 37.8 Å². The average Bonchev–Trinajstić information content (AvgIpc) is 3.31. The first kappa shape index (κ1) is 23.8. The van der Waals surface area contributed by atoms with Crippen molar-refractivity contribution in [2.24, 2.45) is 0 Å². The standard InChI is InChI=1S/C25H26F3N3O3/c1-16(32)17-6-4-11-21(12-17)31-22(24(34)29-19-8-2-3-9-19)14-30(15-23(31)33)20-10-5-7-18(13-20)25(26,27)28/h4-7,10-13,19,22H,2-3,8-9,14-15H2,1H3,(H,29,34). The minimum Gasteiger partial charge on any atom is -0.360 e. The number of carbonyl (C=O) groups is 3. The number of benzene rings is 2. The Bertz CT molecular complexity index is 1100. The molecule has 1 aliphatic heterocycles. The Balaban J connectivity index is 1.67. The van der Waals surface area contributed by atoms with Gasteiger partial charge in [0.25, 0.3) is 0 Å². The van der Waals surface area contributed by atoms with Crippen LogP contribution >= 0.6 is 0 Å². The molecule has 0 radical (unpaired) electrons. The largest absolute Gasteiger partial charge is 0.416 e. The molecule has 4 rings (SSSR count). The van der Waals surface area contributed by atoms with Crippen molar-refractivity contribution < 1.29 is 27.6 Å². The fourth-order valence-electron chi connectivity index (χ4n) is 4.61. The first-order valence-corrected chi connectivity index (χ1v) is 11.3. The van der Waals surface area contributed by atoms with Gasteiger partial charge in [0.2, 0.25) is 11.8 Å². The number of hydrogen-bond donors (Lipinski definition) is 1. The van der Waals surface area contributed by atoms with Gasteiger partial charge in [0, 0.05) is 29.5 Å². The predicted octanol–water partition coefficient (Wildman–Crippen LogP) is 4.19. The molecular formula is C25H26F3N3O3. The highest BCUT2D eigenvalue weighted by Gasteiger charge is 2.40. The Morgan fingerprint density at radius 2 is 1.68 bits per heavy atom. The van der Waals surface area contributed by atoms with Crippen LogP contribution in [-0.2, 0) is 15.8 Å². The summed E-state index contributed by atoms with van der Waals surface area (Å²) >= 11 is 0. The lowest BCUT2D eigenvalue weighted by atomic mass is 10.0. The van der Waals surface area contributed by atoms with Crippen molar-refractivity contribution in [3.05, 3.63) is 59.7 Å². The molecule has 1 heterocycles. The van der Waals surface area contributed by atoms with Gasteiger partial charge in [-0.15, -0.1) is 0 Å². The van der Waals surface area contributed by atoms with Crippen LogP contribution in [0, 0.1) is 0 Å². The molecule has 0 bridgehead atoms. The number of rotatable bonds is 5. The molecule has 1 aliphatic carbocycles. The summed E-state index contributed by atoms with van der Waals surface area (Å²) in [5.74, 6) is -0.968. The first-order valence-electron chi connectivity index (χ1n) is 11.3. The summed E-state index contributed by atoms with van der Waals surface area (Å²) in [6, 6.07) is 10.3. The number of nitrogens with zero attached hydrogens (tertiary/aromatic N) is 2. The smallest absolute Gasteiger partial charge is 0.360 e. The third-order valence-electron chi connectivity index (χ3n) is 6.37. The Labute approximate surface area is 195 Å². The highest BCUT2D eigenvalue weighted by molar-refractivity contribution is 6.05. The Morgan fingerprint density at radius 3 is 2.35 bits per heavy atom. The SMILES string of the molecule is CC(=O)c1cccc(N2C(=O)CN(c3cccc(C(F)(F)F)c3)CC2C(=O)NC2CCCC2)c1. The number of halogens is 3. The first-order chi connectivity index (χ1) is 16.1. The van der Waals surface area contributed by atoms with E-state index < -0.39 is 23.7 Å². The van der Waals surface area contributed by atoms with Crippen LogP contribution in [0.15, 0.2) is 48.5 Å². The Hall–Kier alpha value is -3.36. The number of amides is 2. The summed E-state index contributed by atoms with van der Waals surface area (Å²) in [7, 11) is 0. The Morgan fingerprint density at radius 1 is 1.00 bits per heavy atom. The maximum Gasteiger partial charge on any atom is 0.416 e. The maximum atomic E-state index is 13.3. The molecule has 9 heteroatoms. The molecule has 2 aliphatic rings. The normalized spacial score (nSPS) is 19.4. The van der Waals surface area contributed by atoms with Crippen molar-refractivity contribution in [1.29, 1.82) is 0 Å². The fourth-order valence-corrected chi connectivity index (χ4v) is 4.61. The summed E-state index contributed by atoms with van der Waals surface area (Å²) in [5.41, 5.74) is 0.216. The van der Waals surface area contributed by atoms with Crippen molar-refractivity contribution >= 4 is 29.0 Å². The zero-order valence-corrected chi connectivity index (χ0v) is 18.8. The van der Waals surface area contributed by atoms with Gasteiger partial charge in [-0.3, -0.25) is 19.3 Å². The minimum absolute atomic E-state index is 0.0111. The van der Waals surface area contributed by atoms with Crippen LogP contribution in [0.5, 0.6) is 0 Å². The van der Waals surface area contributed by atoms with Gasteiger partial charge in [-0.25, -0.2) is 0 Å². The van der Waals surface area contributed by atoms with Crippen LogP contribution in [0.1, 0.15) is 48.5 Å². The van der Waals surface area contributed by atoms with Crippen LogP contribution in [0.4, 0.5) is 24.5 Å². The molecule has 180 valence electrons. The van der Waals surface area contributed by atoms with E-state index in [1.54, 1.807) is 24.3 Å². The zero-order valence-electron chi connectivity index (χ0n) is 18.8. The number of carbonyl (C=O) groups excluding carboxylic acids is 3. The van der Waals surface area contributed by atoms with E-state index in [2.05, 4.69) is 5.32 Å². The predicted molar refractivity (Wildman–Crippen MR) is 122 cm³/mol. The van der Waals surface area contributed by atoms with E-state index in [9.17, 15) is 27.6 Å². The molecule has 0 spiro atoms. The Kier molecular flexibility index (Phi) is 6.63. The monoisotopic (exact) mass is 473 g/mol. The van der Waals surface area contributed by atoms with Crippen LogP contribution in [-0.4, -0.2) is 42.8 Å². The summed E-state index contributed by atoms with van der Waals surface area (Å²) in [4.78, 5) is 41.4. The summed E-state index contributed by atoms with van der Waals surface area (Å²) in [5, 5.41) is 3.01. The number of alkyl halides is 3. The van der Waals surface area contributed by atoms with Crippen LogP contribution < -0.4 is 15.1 Å². The molecule has 1 atom stereocenters. The lowest BCUT2D eigenvalue weighted by Gasteiger charge is -2.41. The van der Waals surface area contributed by atoms with Crippen molar-refractivity contribution in [2.45, 2.75) is 50.9 Å². The van der Waals surface area contributed by atoms with Gasteiger partial charge in [0.1, 0.15) is 6.04 Å². The molecule has 2 aromatic carbocycles. The molecule has 1 saturated heterocycles. The zero-order chi connectivity index (χ0) is 24.5. The molecule has 6 nitrogen and oxygen atoms in total. The fraction of sp³-hybridized carbons (Fsp3) is 0.400.